The van der Waals surface area contributed by atoms with Gasteiger partial charge in [-0.2, -0.15) is 0 Å². The van der Waals surface area contributed by atoms with E-state index in [9.17, 15) is 4.79 Å². The van der Waals surface area contributed by atoms with Crippen LogP contribution in [0.25, 0.3) is 0 Å². The Morgan fingerprint density at radius 3 is 1.46 bits per heavy atom. The van der Waals surface area contributed by atoms with Gasteiger partial charge in [0, 0.05) is 0 Å². The van der Waals surface area contributed by atoms with Gasteiger partial charge < -0.3 is 0 Å². The summed E-state index contributed by atoms with van der Waals surface area (Å²) in [5.41, 5.74) is -1.14. The number of carbonyl (C=O) groups excluding carboxylic acids is 1. The number of alkyl halides is 1. The number of unbranched alkanes of at least 4 members (excludes halogenated alkanes) is 2. The molecule has 0 heterocycles. The fourth-order valence-corrected chi connectivity index (χ4v) is 10.1. The molecular weight excluding hydrogens is 431 g/mol. The van der Waals surface area contributed by atoms with Gasteiger partial charge in [-0.25, -0.2) is 4.39 Å². The molecule has 1 atom stereocenters. The topological polar surface area (TPSA) is 17.1 Å². The SMILES string of the molecule is CCCCCC1CCC(C2CCC3(CC2)C(=O)C2(CCC(C4CCC(CC)CC4)CC2)[C@@H]3F)CC1. The average Bonchev–Trinajstić information content (AvgIpc) is 2.93. The van der Waals surface area contributed by atoms with Crippen molar-refractivity contribution in [3.05, 3.63) is 0 Å². The molecule has 1 nitrogen and oxygen atoms in total. The van der Waals surface area contributed by atoms with Gasteiger partial charge in [0.2, 0.25) is 0 Å². The van der Waals surface area contributed by atoms with Crippen molar-refractivity contribution in [2.75, 3.05) is 0 Å². The summed E-state index contributed by atoms with van der Waals surface area (Å²) in [5.74, 6) is 5.53. The van der Waals surface area contributed by atoms with E-state index in [2.05, 4.69) is 13.8 Å². The van der Waals surface area contributed by atoms with E-state index >= 15 is 4.39 Å². The molecule has 5 fully saturated rings. The molecule has 35 heavy (non-hydrogen) atoms. The Morgan fingerprint density at radius 2 is 1.06 bits per heavy atom. The molecule has 0 amide bonds. The van der Waals surface area contributed by atoms with Crippen molar-refractivity contribution in [2.45, 2.75) is 155 Å². The van der Waals surface area contributed by atoms with Crippen molar-refractivity contribution < 1.29 is 9.18 Å². The fourth-order valence-electron chi connectivity index (χ4n) is 10.1. The number of ketones is 1. The van der Waals surface area contributed by atoms with Crippen LogP contribution in [0.15, 0.2) is 0 Å². The number of hydrogen-bond donors (Lipinski definition) is 0. The minimum atomic E-state index is -0.838. The van der Waals surface area contributed by atoms with E-state index < -0.39 is 17.0 Å². The second-order valence-corrected chi connectivity index (χ2v) is 14.1. The summed E-state index contributed by atoms with van der Waals surface area (Å²) in [5, 5.41) is 0. The predicted octanol–water partition coefficient (Wildman–Crippen LogP) is 9.86. The molecule has 5 aliphatic rings. The lowest BCUT2D eigenvalue weighted by Crippen LogP contribution is -2.69. The molecule has 0 unspecified atom stereocenters. The van der Waals surface area contributed by atoms with Crippen molar-refractivity contribution in [1.29, 1.82) is 0 Å². The van der Waals surface area contributed by atoms with Crippen LogP contribution >= 0.6 is 0 Å². The number of carbonyl (C=O) groups is 1. The van der Waals surface area contributed by atoms with Crippen LogP contribution in [0.3, 0.4) is 0 Å². The summed E-state index contributed by atoms with van der Waals surface area (Å²) >= 11 is 0. The highest BCUT2D eigenvalue weighted by molar-refractivity contribution is 5.98. The van der Waals surface area contributed by atoms with Gasteiger partial charge in [-0.3, -0.25) is 4.79 Å². The molecular formula is C33H55FO. The summed E-state index contributed by atoms with van der Waals surface area (Å²) in [7, 11) is 0. The van der Waals surface area contributed by atoms with E-state index in [4.69, 9.17) is 0 Å². The number of hydrogen-bond acceptors (Lipinski definition) is 1. The highest BCUT2D eigenvalue weighted by Crippen LogP contribution is 2.66. The maximum absolute atomic E-state index is 16.1. The molecule has 0 aromatic carbocycles. The molecule has 2 heteroatoms. The molecule has 2 spiro atoms. The van der Waals surface area contributed by atoms with E-state index in [1.54, 1.807) is 0 Å². The molecule has 0 aliphatic heterocycles. The zero-order valence-corrected chi connectivity index (χ0v) is 23.2. The Bertz CT molecular complexity index is 682. The van der Waals surface area contributed by atoms with Crippen molar-refractivity contribution in [3.63, 3.8) is 0 Å². The molecule has 0 radical (unpaired) electrons. The first kappa shape index (κ1) is 26.2. The molecule has 5 aliphatic carbocycles. The molecule has 200 valence electrons. The number of Topliss-reactive ketones (excluding diaryl/α,β-unsaturated/α-hetero) is 1. The summed E-state index contributed by atoms with van der Waals surface area (Å²) < 4.78 is 16.1. The van der Waals surface area contributed by atoms with Gasteiger partial charge in [0.25, 0.3) is 0 Å². The molecule has 5 rings (SSSR count). The first-order valence-electron chi connectivity index (χ1n) is 16.2. The Morgan fingerprint density at radius 1 is 0.629 bits per heavy atom. The van der Waals surface area contributed by atoms with Gasteiger partial charge in [-0.05, 0) is 113 Å². The Kier molecular flexibility index (Phi) is 8.35. The predicted molar refractivity (Wildman–Crippen MR) is 144 cm³/mol. The maximum atomic E-state index is 16.1. The minimum absolute atomic E-state index is 0.378. The van der Waals surface area contributed by atoms with E-state index in [1.165, 1.54) is 83.5 Å². The molecule has 0 aromatic rings. The lowest BCUT2D eigenvalue weighted by molar-refractivity contribution is -0.194. The van der Waals surface area contributed by atoms with Crippen LogP contribution in [0.5, 0.6) is 0 Å². The van der Waals surface area contributed by atoms with Gasteiger partial charge in [0.05, 0.1) is 10.8 Å². The second-order valence-electron chi connectivity index (χ2n) is 14.1. The highest BCUT2D eigenvalue weighted by Gasteiger charge is 2.71. The van der Waals surface area contributed by atoms with Gasteiger partial charge in [0.15, 0.2) is 5.78 Å². The second kappa shape index (κ2) is 11.1. The van der Waals surface area contributed by atoms with Crippen LogP contribution in [0.2, 0.25) is 0 Å². The summed E-state index contributed by atoms with van der Waals surface area (Å²) in [6, 6.07) is 0. The van der Waals surface area contributed by atoms with Crippen LogP contribution in [0.4, 0.5) is 4.39 Å². The Hall–Kier alpha value is -0.400. The molecule has 0 saturated heterocycles. The van der Waals surface area contributed by atoms with Gasteiger partial charge in [-0.1, -0.05) is 71.6 Å². The van der Waals surface area contributed by atoms with Crippen LogP contribution in [0.1, 0.15) is 149 Å². The monoisotopic (exact) mass is 486 g/mol. The number of rotatable bonds is 7. The Labute approximate surface area is 216 Å². The van der Waals surface area contributed by atoms with Crippen LogP contribution < -0.4 is 0 Å². The third-order valence-electron chi connectivity index (χ3n) is 12.6. The maximum Gasteiger partial charge on any atom is 0.151 e. The quantitative estimate of drug-likeness (QED) is 0.327. The average molecular weight is 487 g/mol. The van der Waals surface area contributed by atoms with Crippen LogP contribution in [0, 0.1) is 46.3 Å². The molecule has 0 bridgehead atoms. The van der Waals surface area contributed by atoms with Gasteiger partial charge in [0.1, 0.15) is 6.17 Å². The fraction of sp³-hybridized carbons (Fsp3) is 0.970. The number of halogens is 1. The van der Waals surface area contributed by atoms with E-state index in [1.807, 2.05) is 0 Å². The van der Waals surface area contributed by atoms with Crippen molar-refractivity contribution >= 4 is 5.78 Å². The minimum Gasteiger partial charge on any atom is -0.298 e. The van der Waals surface area contributed by atoms with E-state index in [-0.39, 0.29) is 0 Å². The van der Waals surface area contributed by atoms with Crippen LogP contribution in [-0.4, -0.2) is 12.0 Å². The van der Waals surface area contributed by atoms with Crippen molar-refractivity contribution in [2.24, 2.45) is 46.3 Å². The standard InChI is InChI=1S/C33H55FO/c1-3-5-6-7-25-10-14-27(15-11-25)29-18-22-33(23-19-29)30(34)32(31(33)35)20-16-28(17-21-32)26-12-8-24(4-2)9-13-26/h24-30H,3-23H2,1-2H3/t24?,25?,26?,27?,28?,29?,30-,32?,33?/m0/s1. The normalized spacial score (nSPS) is 46.6. The third kappa shape index (κ3) is 4.92. The van der Waals surface area contributed by atoms with Crippen molar-refractivity contribution in [1.82, 2.24) is 0 Å². The molecule has 0 aromatic heterocycles. The molecule has 5 saturated carbocycles. The van der Waals surface area contributed by atoms with Crippen molar-refractivity contribution in [3.8, 4) is 0 Å². The first-order valence-corrected chi connectivity index (χ1v) is 16.2. The van der Waals surface area contributed by atoms with Gasteiger partial charge in [-0.15, -0.1) is 0 Å². The van der Waals surface area contributed by atoms with E-state index in [0.29, 0.717) is 5.78 Å². The van der Waals surface area contributed by atoms with Gasteiger partial charge >= 0.3 is 0 Å². The molecule has 0 N–H and O–H groups in total. The lowest BCUT2D eigenvalue weighted by Gasteiger charge is -2.62. The zero-order valence-electron chi connectivity index (χ0n) is 23.2. The third-order valence-corrected chi connectivity index (χ3v) is 12.6. The summed E-state index contributed by atoms with van der Waals surface area (Å²) in [6.07, 6.45) is 25.2. The summed E-state index contributed by atoms with van der Waals surface area (Å²) in [4.78, 5) is 13.7. The largest absolute Gasteiger partial charge is 0.298 e. The highest BCUT2D eigenvalue weighted by atomic mass is 19.1. The summed E-state index contributed by atoms with van der Waals surface area (Å²) in [6.45, 7) is 4.63. The van der Waals surface area contributed by atoms with E-state index in [0.717, 1.165) is 86.9 Å². The first-order chi connectivity index (χ1) is 17.0. The smallest absolute Gasteiger partial charge is 0.151 e. The Balaban J connectivity index is 1.08. The van der Waals surface area contributed by atoms with Crippen LogP contribution in [-0.2, 0) is 4.79 Å². The zero-order chi connectivity index (χ0) is 24.5. The lowest BCUT2D eigenvalue weighted by atomic mass is 9.41.